The van der Waals surface area contributed by atoms with Gasteiger partial charge in [-0.15, -0.1) is 11.3 Å². The molecule has 4 heteroatoms. The van der Waals surface area contributed by atoms with Gasteiger partial charge in [-0.25, -0.2) is 4.98 Å². The van der Waals surface area contributed by atoms with Gasteiger partial charge < -0.3 is 11.1 Å². The predicted octanol–water partition coefficient (Wildman–Crippen LogP) is 2.31. The van der Waals surface area contributed by atoms with Crippen LogP contribution in [0.1, 0.15) is 42.5 Å². The fourth-order valence-electron chi connectivity index (χ4n) is 1.54. The number of hydrogen-bond donors (Lipinski definition) is 2. The van der Waals surface area contributed by atoms with Gasteiger partial charge in [-0.2, -0.15) is 0 Å². The van der Waals surface area contributed by atoms with E-state index in [9.17, 15) is 0 Å². The van der Waals surface area contributed by atoms with Crippen molar-refractivity contribution in [1.82, 2.24) is 10.3 Å². The average molecular weight is 241 g/mol. The molecule has 0 aliphatic heterocycles. The van der Waals surface area contributed by atoms with Crippen LogP contribution < -0.4 is 11.1 Å². The van der Waals surface area contributed by atoms with E-state index in [-0.39, 0.29) is 0 Å². The van der Waals surface area contributed by atoms with E-state index in [1.54, 1.807) is 0 Å². The van der Waals surface area contributed by atoms with Crippen molar-refractivity contribution in [3.8, 4) is 0 Å². The second kappa shape index (κ2) is 8.67. The fourth-order valence-corrected chi connectivity index (χ4v) is 2.37. The summed E-state index contributed by atoms with van der Waals surface area (Å²) in [4.78, 5) is 5.75. The van der Waals surface area contributed by atoms with E-state index < -0.39 is 0 Å². The van der Waals surface area contributed by atoms with Crippen LogP contribution in [-0.4, -0.2) is 18.1 Å². The molecule has 0 atom stereocenters. The normalized spacial score (nSPS) is 10.9. The molecule has 3 N–H and O–H groups in total. The van der Waals surface area contributed by atoms with Crippen LogP contribution in [0.3, 0.4) is 0 Å². The van der Waals surface area contributed by atoms with Crippen LogP contribution in [0.15, 0.2) is 6.20 Å². The quantitative estimate of drug-likeness (QED) is 0.652. The van der Waals surface area contributed by atoms with E-state index in [1.807, 2.05) is 17.5 Å². The first-order valence-corrected chi connectivity index (χ1v) is 7.02. The first-order chi connectivity index (χ1) is 7.86. The topological polar surface area (TPSA) is 50.9 Å². The van der Waals surface area contributed by atoms with Crippen molar-refractivity contribution in [3.05, 3.63) is 16.1 Å². The molecular formula is C12H23N3S. The monoisotopic (exact) mass is 241 g/mol. The summed E-state index contributed by atoms with van der Waals surface area (Å²) in [5.74, 6) is 0. The summed E-state index contributed by atoms with van der Waals surface area (Å²) in [6.07, 6.45) is 8.02. The van der Waals surface area contributed by atoms with Gasteiger partial charge in [0, 0.05) is 17.6 Å². The van der Waals surface area contributed by atoms with Crippen LogP contribution in [0.25, 0.3) is 0 Å². The Morgan fingerprint density at radius 3 is 2.81 bits per heavy atom. The minimum absolute atomic E-state index is 0.826. The molecule has 0 saturated carbocycles. The fraction of sp³-hybridized carbons (Fsp3) is 0.750. The number of thiazole rings is 1. The lowest BCUT2D eigenvalue weighted by Crippen LogP contribution is -2.14. The second-order valence-electron chi connectivity index (χ2n) is 3.95. The van der Waals surface area contributed by atoms with Gasteiger partial charge >= 0.3 is 0 Å². The summed E-state index contributed by atoms with van der Waals surface area (Å²) in [6, 6.07) is 0. The zero-order chi connectivity index (χ0) is 11.6. The molecule has 1 heterocycles. The molecule has 92 valence electrons. The molecule has 0 spiro atoms. The first kappa shape index (κ1) is 13.6. The van der Waals surface area contributed by atoms with E-state index in [0.717, 1.165) is 32.5 Å². The van der Waals surface area contributed by atoms with Crippen molar-refractivity contribution in [3.63, 3.8) is 0 Å². The maximum Gasteiger partial charge on any atom is 0.107 e. The highest BCUT2D eigenvalue weighted by Gasteiger charge is 1.99. The number of unbranched alkanes of at least 4 members (excludes halogenated alkanes) is 3. The van der Waals surface area contributed by atoms with Gasteiger partial charge in [-0.05, 0) is 32.4 Å². The zero-order valence-corrected chi connectivity index (χ0v) is 11.0. The van der Waals surface area contributed by atoms with Crippen LogP contribution in [-0.2, 0) is 13.0 Å². The molecule has 1 aromatic rings. The van der Waals surface area contributed by atoms with Gasteiger partial charge in [0.2, 0.25) is 0 Å². The Bertz CT molecular complexity index is 273. The number of rotatable bonds is 9. The van der Waals surface area contributed by atoms with Crippen LogP contribution >= 0.6 is 11.3 Å². The van der Waals surface area contributed by atoms with Crippen molar-refractivity contribution in [1.29, 1.82) is 0 Å². The Labute approximate surface area is 102 Å². The number of nitrogens with two attached hydrogens (primary N) is 1. The molecule has 0 amide bonds. The van der Waals surface area contributed by atoms with E-state index in [2.05, 4.69) is 17.2 Å². The number of aryl methyl sites for hydroxylation is 1. The molecule has 16 heavy (non-hydrogen) atoms. The third-order valence-electron chi connectivity index (χ3n) is 2.53. The van der Waals surface area contributed by atoms with E-state index in [4.69, 9.17) is 5.73 Å². The number of nitrogens with zero attached hydrogens (tertiary/aromatic N) is 1. The molecule has 0 unspecified atom stereocenters. The number of aromatic nitrogens is 1. The third-order valence-corrected chi connectivity index (χ3v) is 3.68. The van der Waals surface area contributed by atoms with Crippen LogP contribution in [0, 0.1) is 0 Å². The second-order valence-corrected chi connectivity index (χ2v) is 5.15. The maximum absolute atomic E-state index is 5.44. The SMILES string of the molecule is CCc1cnc(CNCCCCCCN)s1. The average Bonchev–Trinajstić information content (AvgIpc) is 2.76. The van der Waals surface area contributed by atoms with Gasteiger partial charge in [0.25, 0.3) is 0 Å². The Kier molecular flexibility index (Phi) is 7.38. The summed E-state index contributed by atoms with van der Waals surface area (Å²) in [5.41, 5.74) is 5.44. The van der Waals surface area contributed by atoms with Crippen LogP contribution in [0.2, 0.25) is 0 Å². The summed E-state index contributed by atoms with van der Waals surface area (Å²) >= 11 is 1.81. The molecule has 0 radical (unpaired) electrons. The Morgan fingerprint density at radius 1 is 1.31 bits per heavy atom. The molecule has 0 aliphatic rings. The van der Waals surface area contributed by atoms with Gasteiger partial charge in [-0.3, -0.25) is 0 Å². The summed E-state index contributed by atoms with van der Waals surface area (Å²) in [7, 11) is 0. The maximum atomic E-state index is 5.44. The van der Waals surface area contributed by atoms with Gasteiger partial charge in [0.05, 0.1) is 0 Å². The molecule has 1 aromatic heterocycles. The molecular weight excluding hydrogens is 218 g/mol. The highest BCUT2D eigenvalue weighted by atomic mass is 32.1. The third kappa shape index (κ3) is 5.58. The van der Waals surface area contributed by atoms with Gasteiger partial charge in [0.15, 0.2) is 0 Å². The smallest absolute Gasteiger partial charge is 0.107 e. The Balaban J connectivity index is 1.98. The minimum atomic E-state index is 0.826. The highest BCUT2D eigenvalue weighted by Crippen LogP contribution is 2.12. The molecule has 0 aromatic carbocycles. The van der Waals surface area contributed by atoms with Crippen LogP contribution in [0.4, 0.5) is 0 Å². The van der Waals surface area contributed by atoms with Gasteiger partial charge in [0.1, 0.15) is 5.01 Å². The molecule has 0 bridgehead atoms. The number of hydrogen-bond acceptors (Lipinski definition) is 4. The highest BCUT2D eigenvalue weighted by molar-refractivity contribution is 7.11. The lowest BCUT2D eigenvalue weighted by atomic mass is 10.2. The molecule has 0 aliphatic carbocycles. The van der Waals surface area contributed by atoms with Crippen molar-refractivity contribution in [2.75, 3.05) is 13.1 Å². The summed E-state index contributed by atoms with van der Waals surface area (Å²) in [5, 5.41) is 4.64. The lowest BCUT2D eigenvalue weighted by Gasteiger charge is -2.02. The summed E-state index contributed by atoms with van der Waals surface area (Å²) in [6.45, 7) is 5.00. The van der Waals surface area contributed by atoms with E-state index >= 15 is 0 Å². The molecule has 3 nitrogen and oxygen atoms in total. The molecule has 0 saturated heterocycles. The zero-order valence-electron chi connectivity index (χ0n) is 10.2. The predicted molar refractivity (Wildman–Crippen MR) is 70.7 cm³/mol. The Hall–Kier alpha value is -0.450. The van der Waals surface area contributed by atoms with Crippen molar-refractivity contribution >= 4 is 11.3 Å². The van der Waals surface area contributed by atoms with Crippen LogP contribution in [0.5, 0.6) is 0 Å². The Morgan fingerprint density at radius 2 is 2.12 bits per heavy atom. The van der Waals surface area contributed by atoms with E-state index in [0.29, 0.717) is 0 Å². The van der Waals surface area contributed by atoms with Crippen molar-refractivity contribution in [2.24, 2.45) is 5.73 Å². The molecule has 1 rings (SSSR count). The molecule has 0 fully saturated rings. The minimum Gasteiger partial charge on any atom is -0.330 e. The standard InChI is InChI=1S/C12H23N3S/c1-2-11-9-15-12(16-11)10-14-8-6-4-3-5-7-13/h9,14H,2-8,10,13H2,1H3. The van der Waals surface area contributed by atoms with Crippen molar-refractivity contribution < 1.29 is 0 Å². The van der Waals surface area contributed by atoms with Gasteiger partial charge in [-0.1, -0.05) is 19.8 Å². The lowest BCUT2D eigenvalue weighted by molar-refractivity contribution is 0.589. The van der Waals surface area contributed by atoms with Crippen molar-refractivity contribution in [2.45, 2.75) is 45.6 Å². The summed E-state index contributed by atoms with van der Waals surface area (Å²) < 4.78 is 0. The first-order valence-electron chi connectivity index (χ1n) is 6.21. The largest absolute Gasteiger partial charge is 0.330 e. The van der Waals surface area contributed by atoms with E-state index in [1.165, 1.54) is 29.1 Å². The number of nitrogens with one attached hydrogen (secondary N) is 1.